The molecule has 0 saturated carbocycles. The first kappa shape index (κ1) is 16.6. The number of carbonyl (C=O) groups excluding carboxylic acids is 1. The molecule has 0 bridgehead atoms. The first-order valence-electron chi connectivity index (χ1n) is 7.48. The molecule has 0 aliphatic rings. The molecule has 2 rings (SSSR count). The zero-order chi connectivity index (χ0) is 15.9. The summed E-state index contributed by atoms with van der Waals surface area (Å²) in [4.78, 5) is 12.0. The number of nitrogens with one attached hydrogen (secondary N) is 2. The normalized spacial score (nSPS) is 10.3. The molecule has 0 fully saturated rings. The van der Waals surface area contributed by atoms with Gasteiger partial charge >= 0.3 is 0 Å². The van der Waals surface area contributed by atoms with Gasteiger partial charge in [0.25, 0.3) is 0 Å². The Morgan fingerprint density at radius 1 is 1.14 bits per heavy atom. The van der Waals surface area contributed by atoms with Crippen LogP contribution in [0.3, 0.4) is 0 Å². The number of halogens is 1. The van der Waals surface area contributed by atoms with Crippen LogP contribution < -0.4 is 10.6 Å². The zero-order valence-corrected chi connectivity index (χ0v) is 14.5. The van der Waals surface area contributed by atoms with Crippen LogP contribution in [0, 0.1) is 6.92 Å². The van der Waals surface area contributed by atoms with Gasteiger partial charge in [0.1, 0.15) is 0 Å². The number of aryl methyl sites for hydroxylation is 2. The van der Waals surface area contributed by atoms with Gasteiger partial charge in [-0.25, -0.2) is 0 Å². The van der Waals surface area contributed by atoms with Crippen molar-refractivity contribution in [2.24, 2.45) is 0 Å². The number of anilines is 2. The molecule has 0 aliphatic heterocycles. The Morgan fingerprint density at radius 2 is 1.91 bits per heavy atom. The molecule has 4 heteroatoms. The average molecular weight is 361 g/mol. The van der Waals surface area contributed by atoms with Gasteiger partial charge in [0.05, 0.1) is 0 Å². The molecule has 0 heterocycles. The van der Waals surface area contributed by atoms with Crippen molar-refractivity contribution in [3.8, 4) is 0 Å². The third-order valence-electron chi connectivity index (χ3n) is 3.53. The van der Waals surface area contributed by atoms with Gasteiger partial charge in [-0.15, -0.1) is 0 Å². The van der Waals surface area contributed by atoms with Gasteiger partial charge in [-0.2, -0.15) is 0 Å². The number of hydrogen-bond acceptors (Lipinski definition) is 2. The van der Waals surface area contributed by atoms with E-state index < -0.39 is 0 Å². The van der Waals surface area contributed by atoms with Crippen molar-refractivity contribution in [2.45, 2.75) is 26.7 Å². The standard InChI is InChI=1S/C18H21BrN2O/c1-3-14-6-4-5-7-17(14)20-11-10-18(22)21-16-9-8-15(19)12-13(16)2/h4-9,12,20H,3,10-11H2,1-2H3,(H,21,22). The molecule has 0 unspecified atom stereocenters. The lowest BCUT2D eigenvalue weighted by Crippen LogP contribution is -2.17. The van der Waals surface area contributed by atoms with Gasteiger partial charge in [-0.3, -0.25) is 4.79 Å². The summed E-state index contributed by atoms with van der Waals surface area (Å²) in [6.07, 6.45) is 1.42. The summed E-state index contributed by atoms with van der Waals surface area (Å²) < 4.78 is 1.01. The van der Waals surface area contributed by atoms with E-state index in [9.17, 15) is 4.79 Å². The topological polar surface area (TPSA) is 41.1 Å². The molecule has 2 N–H and O–H groups in total. The minimum Gasteiger partial charge on any atom is -0.384 e. The maximum absolute atomic E-state index is 12.0. The highest BCUT2D eigenvalue weighted by Gasteiger charge is 2.06. The Labute approximate surface area is 140 Å². The maximum atomic E-state index is 12.0. The quantitative estimate of drug-likeness (QED) is 0.779. The fourth-order valence-corrected chi connectivity index (χ4v) is 2.77. The van der Waals surface area contributed by atoms with Crippen LogP contribution in [0.4, 0.5) is 11.4 Å². The van der Waals surface area contributed by atoms with Crippen molar-refractivity contribution >= 4 is 33.2 Å². The second-order valence-corrected chi connectivity index (χ2v) is 6.11. The third-order valence-corrected chi connectivity index (χ3v) is 4.02. The van der Waals surface area contributed by atoms with Gasteiger partial charge in [-0.1, -0.05) is 41.1 Å². The Kier molecular flexibility index (Phi) is 6.01. The number of hydrogen-bond donors (Lipinski definition) is 2. The predicted octanol–water partition coefficient (Wildman–Crippen LogP) is 4.76. The van der Waals surface area contributed by atoms with Crippen molar-refractivity contribution in [3.05, 3.63) is 58.1 Å². The van der Waals surface area contributed by atoms with E-state index in [0.29, 0.717) is 13.0 Å². The molecule has 0 radical (unpaired) electrons. The van der Waals surface area contributed by atoms with Crippen LogP contribution >= 0.6 is 15.9 Å². The first-order chi connectivity index (χ1) is 10.6. The molecule has 2 aromatic rings. The molecule has 0 saturated heterocycles. The molecule has 3 nitrogen and oxygen atoms in total. The largest absolute Gasteiger partial charge is 0.384 e. The van der Waals surface area contributed by atoms with Gasteiger partial charge in [0, 0.05) is 28.8 Å². The maximum Gasteiger partial charge on any atom is 0.226 e. The van der Waals surface area contributed by atoms with E-state index in [1.165, 1.54) is 5.56 Å². The lowest BCUT2D eigenvalue weighted by atomic mass is 10.1. The van der Waals surface area contributed by atoms with Crippen LogP contribution in [0.1, 0.15) is 24.5 Å². The van der Waals surface area contributed by atoms with Gasteiger partial charge in [0.2, 0.25) is 5.91 Å². The second-order valence-electron chi connectivity index (χ2n) is 5.19. The van der Waals surface area contributed by atoms with Crippen molar-refractivity contribution in [1.29, 1.82) is 0 Å². The molecule has 0 aromatic heterocycles. The summed E-state index contributed by atoms with van der Waals surface area (Å²) in [6.45, 7) is 4.73. The minimum absolute atomic E-state index is 0.0203. The fourth-order valence-electron chi connectivity index (χ4n) is 2.29. The van der Waals surface area contributed by atoms with Crippen LogP contribution in [-0.2, 0) is 11.2 Å². The molecule has 22 heavy (non-hydrogen) atoms. The smallest absolute Gasteiger partial charge is 0.226 e. The highest BCUT2D eigenvalue weighted by molar-refractivity contribution is 9.10. The van der Waals surface area contributed by atoms with E-state index in [1.54, 1.807) is 0 Å². The fraction of sp³-hybridized carbons (Fsp3) is 0.278. The van der Waals surface area contributed by atoms with Gasteiger partial charge in [0.15, 0.2) is 0 Å². The van der Waals surface area contributed by atoms with E-state index in [4.69, 9.17) is 0 Å². The van der Waals surface area contributed by atoms with Crippen LogP contribution in [0.2, 0.25) is 0 Å². The summed E-state index contributed by atoms with van der Waals surface area (Å²) in [6, 6.07) is 14.0. The van der Waals surface area contributed by atoms with E-state index >= 15 is 0 Å². The van der Waals surface area contributed by atoms with Crippen LogP contribution in [-0.4, -0.2) is 12.5 Å². The second kappa shape index (κ2) is 7.99. The van der Waals surface area contributed by atoms with E-state index in [0.717, 1.165) is 27.8 Å². The lowest BCUT2D eigenvalue weighted by Gasteiger charge is -2.12. The Morgan fingerprint density at radius 3 is 2.64 bits per heavy atom. The highest BCUT2D eigenvalue weighted by Crippen LogP contribution is 2.20. The van der Waals surface area contributed by atoms with Crippen LogP contribution in [0.15, 0.2) is 46.9 Å². The van der Waals surface area contributed by atoms with Crippen molar-refractivity contribution in [1.82, 2.24) is 0 Å². The summed E-state index contributed by atoms with van der Waals surface area (Å²) in [5, 5.41) is 6.29. The monoisotopic (exact) mass is 360 g/mol. The number of amides is 1. The van der Waals surface area contributed by atoms with Gasteiger partial charge < -0.3 is 10.6 Å². The lowest BCUT2D eigenvalue weighted by molar-refractivity contribution is -0.115. The van der Waals surface area contributed by atoms with Crippen LogP contribution in [0.5, 0.6) is 0 Å². The molecule has 0 aliphatic carbocycles. The Balaban J connectivity index is 1.85. The Bertz CT molecular complexity index is 655. The number of benzene rings is 2. The Hall–Kier alpha value is -1.81. The molecule has 0 atom stereocenters. The zero-order valence-electron chi connectivity index (χ0n) is 12.9. The molecule has 1 amide bonds. The highest BCUT2D eigenvalue weighted by atomic mass is 79.9. The van der Waals surface area contributed by atoms with Gasteiger partial charge in [-0.05, 0) is 48.7 Å². The molecule has 2 aromatic carbocycles. The number of para-hydroxylation sites is 1. The molecular weight excluding hydrogens is 340 g/mol. The van der Waals surface area contributed by atoms with Crippen LogP contribution in [0.25, 0.3) is 0 Å². The van der Waals surface area contributed by atoms with Crippen molar-refractivity contribution in [3.63, 3.8) is 0 Å². The molecule has 116 valence electrons. The summed E-state index contributed by atoms with van der Waals surface area (Å²) in [5.41, 5.74) is 4.29. The van der Waals surface area contributed by atoms with Crippen molar-refractivity contribution < 1.29 is 4.79 Å². The van der Waals surface area contributed by atoms with E-state index in [2.05, 4.69) is 45.6 Å². The third kappa shape index (κ3) is 4.60. The number of carbonyl (C=O) groups is 1. The van der Waals surface area contributed by atoms with E-state index in [-0.39, 0.29) is 5.91 Å². The molecular formula is C18H21BrN2O. The molecule has 0 spiro atoms. The predicted molar refractivity (Wildman–Crippen MR) is 96.4 cm³/mol. The van der Waals surface area contributed by atoms with Crippen molar-refractivity contribution in [2.75, 3.05) is 17.2 Å². The minimum atomic E-state index is 0.0203. The first-order valence-corrected chi connectivity index (χ1v) is 8.27. The summed E-state index contributed by atoms with van der Waals surface area (Å²) >= 11 is 3.42. The average Bonchev–Trinajstić information content (AvgIpc) is 2.50. The summed E-state index contributed by atoms with van der Waals surface area (Å²) in [5.74, 6) is 0.0203. The summed E-state index contributed by atoms with van der Waals surface area (Å²) in [7, 11) is 0. The number of rotatable bonds is 6. The van der Waals surface area contributed by atoms with E-state index in [1.807, 2.05) is 37.3 Å². The SMILES string of the molecule is CCc1ccccc1NCCC(=O)Nc1ccc(Br)cc1C.